The first kappa shape index (κ1) is 9.14. The lowest BCUT2D eigenvalue weighted by Crippen LogP contribution is -2.06. The molecule has 5 nitrogen and oxygen atoms in total. The van der Waals surface area contributed by atoms with Gasteiger partial charge < -0.3 is 5.11 Å². The molecule has 72 valence electrons. The van der Waals surface area contributed by atoms with Crippen LogP contribution >= 0.6 is 15.9 Å². The van der Waals surface area contributed by atoms with Gasteiger partial charge in [-0.2, -0.15) is 5.10 Å². The number of carboxylic acids is 1. The second kappa shape index (κ2) is 3.06. The number of fused-ring (bicyclic) bond motifs is 1. The Balaban J connectivity index is 2.82. The number of halogens is 1. The monoisotopic (exact) mass is 255 g/mol. The number of hydrogen-bond acceptors (Lipinski definition) is 3. The van der Waals surface area contributed by atoms with Gasteiger partial charge in [0, 0.05) is 6.20 Å². The van der Waals surface area contributed by atoms with Crippen LogP contribution in [0.3, 0.4) is 0 Å². The zero-order chi connectivity index (χ0) is 10.3. The lowest BCUT2D eigenvalue weighted by molar-refractivity contribution is 0.0695. The van der Waals surface area contributed by atoms with Gasteiger partial charge in [-0.25, -0.2) is 14.3 Å². The number of aromatic nitrogens is 3. The summed E-state index contributed by atoms with van der Waals surface area (Å²) in [6.07, 6.45) is 2.92. The molecule has 0 aromatic carbocycles. The fourth-order valence-electron chi connectivity index (χ4n) is 1.23. The van der Waals surface area contributed by atoms with Gasteiger partial charge in [0.1, 0.15) is 0 Å². The van der Waals surface area contributed by atoms with E-state index >= 15 is 0 Å². The van der Waals surface area contributed by atoms with E-state index in [1.54, 1.807) is 13.1 Å². The number of rotatable bonds is 1. The molecule has 14 heavy (non-hydrogen) atoms. The molecule has 2 heterocycles. The highest BCUT2D eigenvalue weighted by Crippen LogP contribution is 2.17. The molecule has 1 N–H and O–H groups in total. The van der Waals surface area contributed by atoms with Crippen LogP contribution in [-0.2, 0) is 0 Å². The van der Waals surface area contributed by atoms with Crippen LogP contribution < -0.4 is 0 Å². The summed E-state index contributed by atoms with van der Waals surface area (Å²) >= 11 is 3.27. The maximum Gasteiger partial charge on any atom is 0.339 e. The second-order valence-corrected chi connectivity index (χ2v) is 3.64. The molecule has 0 fully saturated rings. The zero-order valence-corrected chi connectivity index (χ0v) is 8.82. The summed E-state index contributed by atoms with van der Waals surface area (Å²) < 4.78 is 2.24. The maximum absolute atomic E-state index is 10.8. The molecule has 0 saturated carbocycles. The van der Waals surface area contributed by atoms with Gasteiger partial charge in [0.05, 0.1) is 21.9 Å². The summed E-state index contributed by atoms with van der Waals surface area (Å²) in [5.74, 6) is -0.997. The summed E-state index contributed by atoms with van der Waals surface area (Å²) in [4.78, 5) is 14.8. The van der Waals surface area contributed by atoms with Crippen molar-refractivity contribution in [1.29, 1.82) is 0 Å². The van der Waals surface area contributed by atoms with E-state index in [0.29, 0.717) is 11.3 Å². The third-order valence-corrected chi connectivity index (χ3v) is 2.51. The van der Waals surface area contributed by atoms with Gasteiger partial charge in [-0.15, -0.1) is 0 Å². The predicted molar refractivity (Wildman–Crippen MR) is 52.4 cm³/mol. The number of carboxylic acid groups (broad SMARTS) is 1. The van der Waals surface area contributed by atoms with E-state index in [2.05, 4.69) is 26.0 Å². The van der Waals surface area contributed by atoms with Gasteiger partial charge in [-0.3, -0.25) is 0 Å². The van der Waals surface area contributed by atoms with Crippen molar-refractivity contribution >= 4 is 27.5 Å². The minimum Gasteiger partial charge on any atom is -0.478 e. The molecule has 0 spiro atoms. The number of aryl methyl sites for hydroxylation is 1. The highest BCUT2D eigenvalue weighted by molar-refractivity contribution is 9.10. The average molecular weight is 256 g/mol. The van der Waals surface area contributed by atoms with Crippen LogP contribution in [0.2, 0.25) is 0 Å². The third-order valence-electron chi connectivity index (χ3n) is 1.95. The van der Waals surface area contributed by atoms with Crippen LogP contribution in [0, 0.1) is 6.92 Å². The molecule has 0 bridgehead atoms. The molecule has 0 radical (unpaired) electrons. The SMILES string of the molecule is Cc1c(C(=O)O)cnc2c(Br)cnn12. The van der Waals surface area contributed by atoms with Gasteiger partial charge in [0.2, 0.25) is 0 Å². The van der Waals surface area contributed by atoms with E-state index in [9.17, 15) is 4.79 Å². The zero-order valence-electron chi connectivity index (χ0n) is 7.23. The van der Waals surface area contributed by atoms with E-state index in [4.69, 9.17) is 5.11 Å². The molecule has 0 aliphatic rings. The van der Waals surface area contributed by atoms with Crippen LogP contribution in [0.15, 0.2) is 16.9 Å². The van der Waals surface area contributed by atoms with E-state index < -0.39 is 5.97 Å². The summed E-state index contributed by atoms with van der Waals surface area (Å²) in [5.41, 5.74) is 1.34. The molecule has 0 unspecified atom stereocenters. The van der Waals surface area contributed by atoms with Gasteiger partial charge in [0.25, 0.3) is 0 Å². The van der Waals surface area contributed by atoms with Gasteiger partial charge in [0.15, 0.2) is 5.65 Å². The van der Waals surface area contributed by atoms with Crippen LogP contribution in [0.25, 0.3) is 5.65 Å². The predicted octanol–water partition coefficient (Wildman–Crippen LogP) is 1.50. The lowest BCUT2D eigenvalue weighted by Gasteiger charge is -2.02. The van der Waals surface area contributed by atoms with Gasteiger partial charge >= 0.3 is 5.97 Å². The summed E-state index contributed by atoms with van der Waals surface area (Å²) in [5, 5.41) is 12.8. The van der Waals surface area contributed by atoms with Crippen LogP contribution in [0.1, 0.15) is 16.1 Å². The molecule has 0 saturated heterocycles. The topological polar surface area (TPSA) is 67.5 Å². The summed E-state index contributed by atoms with van der Waals surface area (Å²) in [7, 11) is 0. The quantitative estimate of drug-likeness (QED) is 0.839. The van der Waals surface area contributed by atoms with E-state index in [1.807, 2.05) is 0 Å². The summed E-state index contributed by atoms with van der Waals surface area (Å²) in [6, 6.07) is 0. The average Bonchev–Trinajstić information content (AvgIpc) is 2.49. The Hall–Kier alpha value is -1.43. The molecular weight excluding hydrogens is 250 g/mol. The number of carbonyl (C=O) groups is 1. The molecule has 6 heteroatoms. The van der Waals surface area contributed by atoms with Crippen molar-refractivity contribution in [2.24, 2.45) is 0 Å². The van der Waals surface area contributed by atoms with Gasteiger partial charge in [-0.1, -0.05) is 0 Å². The maximum atomic E-state index is 10.8. The number of aromatic carboxylic acids is 1. The van der Waals surface area contributed by atoms with Crippen molar-refractivity contribution in [3.63, 3.8) is 0 Å². The molecule has 0 amide bonds. The largest absolute Gasteiger partial charge is 0.478 e. The first-order valence-electron chi connectivity index (χ1n) is 3.83. The smallest absolute Gasteiger partial charge is 0.339 e. The Morgan fingerprint density at radius 3 is 2.93 bits per heavy atom. The fourth-order valence-corrected chi connectivity index (χ4v) is 1.59. The molecular formula is C8H6BrN3O2. The minimum absolute atomic E-state index is 0.160. The number of hydrogen-bond donors (Lipinski definition) is 1. The molecule has 0 atom stereocenters. The first-order chi connectivity index (χ1) is 6.61. The molecule has 0 aliphatic carbocycles. The Bertz CT molecular complexity index is 521. The Morgan fingerprint density at radius 1 is 1.57 bits per heavy atom. The van der Waals surface area contributed by atoms with Crippen molar-refractivity contribution in [2.45, 2.75) is 6.92 Å². The van der Waals surface area contributed by atoms with Crippen molar-refractivity contribution in [2.75, 3.05) is 0 Å². The Morgan fingerprint density at radius 2 is 2.29 bits per heavy atom. The highest BCUT2D eigenvalue weighted by Gasteiger charge is 2.12. The van der Waals surface area contributed by atoms with Crippen LogP contribution in [0.5, 0.6) is 0 Å². The highest BCUT2D eigenvalue weighted by atomic mass is 79.9. The first-order valence-corrected chi connectivity index (χ1v) is 4.62. The van der Waals surface area contributed by atoms with Crippen LogP contribution in [-0.4, -0.2) is 25.7 Å². The molecule has 0 aliphatic heterocycles. The standard InChI is InChI=1S/C8H6BrN3O2/c1-4-5(8(13)14)2-10-7-6(9)3-11-12(4)7/h2-3H,1H3,(H,13,14). The van der Waals surface area contributed by atoms with E-state index in [1.165, 1.54) is 10.7 Å². The Kier molecular flexibility index (Phi) is 1.99. The van der Waals surface area contributed by atoms with Gasteiger partial charge in [-0.05, 0) is 22.9 Å². The second-order valence-electron chi connectivity index (χ2n) is 2.79. The third kappa shape index (κ3) is 1.19. The molecule has 2 aromatic heterocycles. The molecule has 2 rings (SSSR count). The van der Waals surface area contributed by atoms with Crippen molar-refractivity contribution < 1.29 is 9.90 Å². The normalized spacial score (nSPS) is 10.7. The van der Waals surface area contributed by atoms with E-state index in [-0.39, 0.29) is 5.56 Å². The molecule has 2 aromatic rings. The lowest BCUT2D eigenvalue weighted by atomic mass is 10.2. The minimum atomic E-state index is -0.997. The summed E-state index contributed by atoms with van der Waals surface area (Å²) in [6.45, 7) is 1.69. The van der Waals surface area contributed by atoms with Crippen molar-refractivity contribution in [3.8, 4) is 0 Å². The number of nitrogens with zero attached hydrogens (tertiary/aromatic N) is 3. The van der Waals surface area contributed by atoms with E-state index in [0.717, 1.165) is 4.47 Å². The fraction of sp³-hybridized carbons (Fsp3) is 0.125. The van der Waals surface area contributed by atoms with Crippen molar-refractivity contribution in [3.05, 3.63) is 28.1 Å². The van der Waals surface area contributed by atoms with Crippen molar-refractivity contribution in [1.82, 2.24) is 14.6 Å². The van der Waals surface area contributed by atoms with Crippen LogP contribution in [0.4, 0.5) is 0 Å². The Labute approximate surface area is 87.5 Å².